The van der Waals surface area contributed by atoms with Crippen molar-refractivity contribution in [3.8, 4) is 16.9 Å². The van der Waals surface area contributed by atoms with Crippen molar-refractivity contribution < 1.29 is 9.90 Å². The third-order valence-electron chi connectivity index (χ3n) is 4.25. The Hall–Kier alpha value is -2.09. The van der Waals surface area contributed by atoms with Crippen molar-refractivity contribution in [2.45, 2.75) is 39.0 Å². The molecular formula is C19H20O2. The maximum absolute atomic E-state index is 12.1. The van der Waals surface area contributed by atoms with E-state index in [9.17, 15) is 9.90 Å². The number of aryl methyl sites for hydroxylation is 1. The number of aromatic hydroxyl groups is 1. The van der Waals surface area contributed by atoms with Gasteiger partial charge in [-0.1, -0.05) is 43.7 Å². The number of unbranched alkanes of at least 4 members (excludes halogenated alkanes) is 1. The SMILES string of the molecule is CCCCc1c(O)c(-c2ccccc2)cc2c1C(=O)CC2. The van der Waals surface area contributed by atoms with Crippen LogP contribution in [0.2, 0.25) is 0 Å². The Labute approximate surface area is 125 Å². The smallest absolute Gasteiger partial charge is 0.163 e. The fraction of sp³-hybridized carbons (Fsp3) is 0.316. The van der Waals surface area contributed by atoms with E-state index < -0.39 is 0 Å². The molecule has 1 N–H and O–H groups in total. The van der Waals surface area contributed by atoms with Gasteiger partial charge in [0, 0.05) is 23.1 Å². The summed E-state index contributed by atoms with van der Waals surface area (Å²) in [6, 6.07) is 11.9. The topological polar surface area (TPSA) is 37.3 Å². The van der Waals surface area contributed by atoms with E-state index in [0.717, 1.165) is 53.5 Å². The predicted octanol–water partition coefficient (Wildman–Crippen LogP) is 4.53. The highest BCUT2D eigenvalue weighted by molar-refractivity contribution is 6.03. The second-order valence-corrected chi connectivity index (χ2v) is 5.68. The van der Waals surface area contributed by atoms with E-state index in [1.54, 1.807) is 0 Å². The second kappa shape index (κ2) is 5.72. The quantitative estimate of drug-likeness (QED) is 0.893. The lowest BCUT2D eigenvalue weighted by Gasteiger charge is -2.15. The van der Waals surface area contributed by atoms with Crippen LogP contribution in [0.1, 0.15) is 47.7 Å². The molecule has 0 atom stereocenters. The summed E-state index contributed by atoms with van der Waals surface area (Å²) in [5.41, 5.74) is 4.61. The fourth-order valence-corrected chi connectivity index (χ4v) is 3.14. The van der Waals surface area contributed by atoms with Crippen molar-refractivity contribution >= 4 is 5.78 Å². The summed E-state index contributed by atoms with van der Waals surface area (Å²) in [7, 11) is 0. The van der Waals surface area contributed by atoms with Crippen LogP contribution >= 0.6 is 0 Å². The fourth-order valence-electron chi connectivity index (χ4n) is 3.14. The molecule has 0 fully saturated rings. The van der Waals surface area contributed by atoms with Gasteiger partial charge in [-0.25, -0.2) is 0 Å². The summed E-state index contributed by atoms with van der Waals surface area (Å²) in [5, 5.41) is 10.7. The van der Waals surface area contributed by atoms with Crippen LogP contribution in [0.15, 0.2) is 36.4 Å². The number of rotatable bonds is 4. The number of ketones is 1. The van der Waals surface area contributed by atoms with Gasteiger partial charge in [-0.05, 0) is 36.5 Å². The Morgan fingerprint density at radius 3 is 2.62 bits per heavy atom. The highest BCUT2D eigenvalue weighted by Crippen LogP contribution is 2.40. The monoisotopic (exact) mass is 280 g/mol. The molecule has 2 heteroatoms. The van der Waals surface area contributed by atoms with Gasteiger partial charge >= 0.3 is 0 Å². The molecule has 0 heterocycles. The Bertz CT molecular complexity index is 672. The van der Waals surface area contributed by atoms with Crippen LogP contribution < -0.4 is 0 Å². The number of phenols is 1. The van der Waals surface area contributed by atoms with Gasteiger partial charge in [0.2, 0.25) is 0 Å². The summed E-state index contributed by atoms with van der Waals surface area (Å²) in [4.78, 5) is 12.1. The first-order valence-corrected chi connectivity index (χ1v) is 7.68. The molecule has 21 heavy (non-hydrogen) atoms. The minimum atomic E-state index is 0.186. The van der Waals surface area contributed by atoms with Crippen molar-refractivity contribution in [1.82, 2.24) is 0 Å². The van der Waals surface area contributed by atoms with E-state index in [2.05, 4.69) is 6.92 Å². The van der Waals surface area contributed by atoms with Gasteiger partial charge in [0.1, 0.15) is 5.75 Å². The summed E-state index contributed by atoms with van der Waals surface area (Å²) in [5.74, 6) is 0.481. The van der Waals surface area contributed by atoms with Crippen molar-refractivity contribution in [1.29, 1.82) is 0 Å². The first kappa shape index (κ1) is 13.9. The minimum absolute atomic E-state index is 0.186. The van der Waals surface area contributed by atoms with Crippen molar-refractivity contribution in [2.24, 2.45) is 0 Å². The molecule has 1 aliphatic rings. The molecule has 0 bridgehead atoms. The minimum Gasteiger partial charge on any atom is -0.507 e. The lowest BCUT2D eigenvalue weighted by Crippen LogP contribution is -2.01. The molecule has 3 rings (SSSR count). The maximum atomic E-state index is 12.1. The van der Waals surface area contributed by atoms with E-state index in [1.165, 1.54) is 0 Å². The van der Waals surface area contributed by atoms with Gasteiger partial charge in [-0.15, -0.1) is 0 Å². The first-order valence-electron chi connectivity index (χ1n) is 7.68. The van der Waals surface area contributed by atoms with Crippen LogP contribution in [0.3, 0.4) is 0 Å². The normalized spacial score (nSPS) is 13.5. The summed E-state index contributed by atoms with van der Waals surface area (Å²) >= 11 is 0. The highest BCUT2D eigenvalue weighted by atomic mass is 16.3. The second-order valence-electron chi connectivity index (χ2n) is 5.68. The van der Waals surface area contributed by atoms with Crippen LogP contribution in [-0.4, -0.2) is 10.9 Å². The average molecular weight is 280 g/mol. The number of phenolic OH excluding ortho intramolecular Hbond substituents is 1. The highest BCUT2D eigenvalue weighted by Gasteiger charge is 2.27. The number of Topliss-reactive ketones (excluding diaryl/α,β-unsaturated/α-hetero) is 1. The number of carbonyl (C=O) groups excluding carboxylic acids is 1. The van der Waals surface area contributed by atoms with Crippen molar-refractivity contribution in [3.63, 3.8) is 0 Å². The van der Waals surface area contributed by atoms with Gasteiger partial charge < -0.3 is 5.11 Å². The molecule has 0 spiro atoms. The van der Waals surface area contributed by atoms with Gasteiger partial charge in [-0.2, -0.15) is 0 Å². The van der Waals surface area contributed by atoms with Crippen LogP contribution in [0.5, 0.6) is 5.75 Å². The van der Waals surface area contributed by atoms with Crippen molar-refractivity contribution in [2.75, 3.05) is 0 Å². The predicted molar refractivity (Wildman–Crippen MR) is 84.8 cm³/mol. The third kappa shape index (κ3) is 2.46. The van der Waals surface area contributed by atoms with Crippen LogP contribution in [0.4, 0.5) is 0 Å². The molecule has 108 valence electrons. The van der Waals surface area contributed by atoms with Gasteiger partial charge in [0.25, 0.3) is 0 Å². The Morgan fingerprint density at radius 2 is 1.90 bits per heavy atom. The van der Waals surface area contributed by atoms with E-state index in [1.807, 2.05) is 36.4 Å². The Balaban J connectivity index is 2.17. The zero-order valence-corrected chi connectivity index (χ0v) is 12.4. The Kier molecular flexibility index (Phi) is 3.78. The number of hydrogen-bond acceptors (Lipinski definition) is 2. The van der Waals surface area contributed by atoms with Crippen molar-refractivity contribution in [3.05, 3.63) is 53.1 Å². The largest absolute Gasteiger partial charge is 0.507 e. The van der Waals surface area contributed by atoms with E-state index in [4.69, 9.17) is 0 Å². The van der Waals surface area contributed by atoms with Crippen LogP contribution in [-0.2, 0) is 12.8 Å². The van der Waals surface area contributed by atoms with Gasteiger partial charge in [-0.3, -0.25) is 4.79 Å². The molecule has 2 aromatic carbocycles. The number of benzene rings is 2. The van der Waals surface area contributed by atoms with E-state index >= 15 is 0 Å². The molecule has 0 saturated carbocycles. The number of carbonyl (C=O) groups is 1. The summed E-state index contributed by atoms with van der Waals surface area (Å²) in [6.45, 7) is 2.13. The number of hydrogen-bond donors (Lipinski definition) is 1. The van der Waals surface area contributed by atoms with Gasteiger partial charge in [0.15, 0.2) is 5.78 Å². The molecule has 0 radical (unpaired) electrons. The first-order chi connectivity index (χ1) is 10.2. The lowest BCUT2D eigenvalue weighted by atomic mass is 9.91. The molecule has 0 aromatic heterocycles. The molecule has 0 saturated heterocycles. The number of fused-ring (bicyclic) bond motifs is 1. The third-order valence-corrected chi connectivity index (χ3v) is 4.25. The molecule has 0 unspecified atom stereocenters. The molecule has 0 amide bonds. The zero-order chi connectivity index (χ0) is 14.8. The molecule has 1 aliphatic carbocycles. The summed E-state index contributed by atoms with van der Waals surface area (Å²) < 4.78 is 0. The average Bonchev–Trinajstić information content (AvgIpc) is 2.88. The maximum Gasteiger partial charge on any atom is 0.163 e. The van der Waals surface area contributed by atoms with Crippen LogP contribution in [0.25, 0.3) is 11.1 Å². The van der Waals surface area contributed by atoms with Gasteiger partial charge in [0.05, 0.1) is 0 Å². The Morgan fingerprint density at radius 1 is 1.14 bits per heavy atom. The standard InChI is InChI=1S/C19H20O2/c1-2-3-9-15-18-14(10-11-17(18)20)12-16(19(15)21)13-7-5-4-6-8-13/h4-8,12,21H,2-3,9-11H2,1H3. The molecule has 0 aliphatic heterocycles. The zero-order valence-electron chi connectivity index (χ0n) is 12.4. The van der Waals surface area contributed by atoms with E-state index in [-0.39, 0.29) is 5.78 Å². The van der Waals surface area contributed by atoms with Crippen LogP contribution in [0, 0.1) is 0 Å². The summed E-state index contributed by atoms with van der Waals surface area (Å²) in [6.07, 6.45) is 4.19. The van der Waals surface area contributed by atoms with E-state index in [0.29, 0.717) is 12.2 Å². The molecule has 2 nitrogen and oxygen atoms in total. The molecule has 2 aromatic rings. The molecular weight excluding hydrogens is 260 g/mol. The lowest BCUT2D eigenvalue weighted by molar-refractivity contribution is 0.0993.